The van der Waals surface area contributed by atoms with Crippen LogP contribution in [0.1, 0.15) is 15.9 Å². The van der Waals surface area contributed by atoms with Crippen LogP contribution in [-0.2, 0) is 0 Å². The highest BCUT2D eigenvalue weighted by Gasteiger charge is 1.96. The molecule has 0 aliphatic carbocycles. The molecule has 0 unspecified atom stereocenters. The lowest BCUT2D eigenvalue weighted by molar-refractivity contribution is 0.112. The van der Waals surface area contributed by atoms with E-state index >= 15 is 0 Å². The van der Waals surface area contributed by atoms with Crippen LogP contribution in [0.5, 0.6) is 0 Å². The predicted octanol–water partition coefficient (Wildman–Crippen LogP) is 4.06. The fourth-order valence-electron chi connectivity index (χ4n) is 1.87. The quantitative estimate of drug-likeness (QED) is 0.343. The molecule has 0 amide bonds. The van der Waals surface area contributed by atoms with Gasteiger partial charge in [-0.3, -0.25) is 9.78 Å². The second-order valence-electron chi connectivity index (χ2n) is 4.61. The first kappa shape index (κ1) is 16.1. The predicted molar refractivity (Wildman–Crippen MR) is 90.9 cm³/mol. The van der Waals surface area contributed by atoms with Gasteiger partial charge < -0.3 is 5.21 Å². The SMILES string of the molecule is O=Cc1ccc(-c2ccccn2)cc1.ON=Cc1ccccc1. The first-order chi connectivity index (χ1) is 11.3. The normalized spacial score (nSPS) is 9.91. The Balaban J connectivity index is 0.000000185. The van der Waals surface area contributed by atoms with Gasteiger partial charge in [-0.15, -0.1) is 0 Å². The summed E-state index contributed by atoms with van der Waals surface area (Å²) in [5, 5.41) is 11.0. The van der Waals surface area contributed by atoms with E-state index in [1.807, 2.05) is 60.7 Å². The fraction of sp³-hybridized carbons (Fsp3) is 0. The summed E-state index contributed by atoms with van der Waals surface area (Å²) in [7, 11) is 0. The molecule has 0 radical (unpaired) electrons. The standard InChI is InChI=1S/C12H9NO.C7H7NO/c14-9-10-4-6-11(7-5-10)12-3-1-2-8-13-12;9-8-6-7-4-2-1-3-5-7/h1-9H;1-6,9H. The summed E-state index contributed by atoms with van der Waals surface area (Å²) in [5.74, 6) is 0. The van der Waals surface area contributed by atoms with Crippen LogP contribution in [0, 0.1) is 0 Å². The summed E-state index contributed by atoms with van der Waals surface area (Å²) >= 11 is 0. The van der Waals surface area contributed by atoms with Crippen molar-refractivity contribution in [1.82, 2.24) is 4.98 Å². The molecular formula is C19H16N2O2. The molecule has 4 heteroatoms. The van der Waals surface area contributed by atoms with Crippen molar-refractivity contribution in [3.63, 3.8) is 0 Å². The molecule has 0 fully saturated rings. The van der Waals surface area contributed by atoms with Gasteiger partial charge >= 0.3 is 0 Å². The lowest BCUT2D eigenvalue weighted by atomic mass is 10.1. The van der Waals surface area contributed by atoms with Crippen molar-refractivity contribution in [3.05, 3.63) is 90.1 Å². The van der Waals surface area contributed by atoms with Crippen LogP contribution in [0.15, 0.2) is 84.1 Å². The van der Waals surface area contributed by atoms with Gasteiger partial charge in [0.05, 0.1) is 11.9 Å². The van der Waals surface area contributed by atoms with Crippen LogP contribution in [0.3, 0.4) is 0 Å². The number of hydrogen-bond donors (Lipinski definition) is 1. The second-order valence-corrected chi connectivity index (χ2v) is 4.61. The van der Waals surface area contributed by atoms with E-state index in [0.29, 0.717) is 5.56 Å². The van der Waals surface area contributed by atoms with Crippen LogP contribution in [0.25, 0.3) is 11.3 Å². The van der Waals surface area contributed by atoms with E-state index in [9.17, 15) is 4.79 Å². The molecule has 0 saturated carbocycles. The van der Waals surface area contributed by atoms with E-state index in [0.717, 1.165) is 23.1 Å². The van der Waals surface area contributed by atoms with E-state index in [1.165, 1.54) is 6.21 Å². The third-order valence-electron chi connectivity index (χ3n) is 3.01. The number of aromatic nitrogens is 1. The first-order valence-electron chi connectivity index (χ1n) is 7.02. The molecule has 23 heavy (non-hydrogen) atoms. The number of pyridine rings is 1. The zero-order chi connectivity index (χ0) is 16.3. The number of oxime groups is 1. The molecule has 1 N–H and O–H groups in total. The van der Waals surface area contributed by atoms with Crippen molar-refractivity contribution in [3.8, 4) is 11.3 Å². The van der Waals surface area contributed by atoms with Crippen LogP contribution >= 0.6 is 0 Å². The molecular weight excluding hydrogens is 288 g/mol. The topological polar surface area (TPSA) is 62.5 Å². The van der Waals surface area contributed by atoms with E-state index < -0.39 is 0 Å². The Morgan fingerprint density at radius 2 is 1.52 bits per heavy atom. The molecule has 3 rings (SSSR count). The molecule has 4 nitrogen and oxygen atoms in total. The van der Waals surface area contributed by atoms with E-state index in [2.05, 4.69) is 10.1 Å². The second kappa shape index (κ2) is 8.89. The van der Waals surface area contributed by atoms with Crippen LogP contribution < -0.4 is 0 Å². The maximum Gasteiger partial charge on any atom is 0.150 e. The summed E-state index contributed by atoms with van der Waals surface area (Å²) in [4.78, 5) is 14.7. The van der Waals surface area contributed by atoms with Gasteiger partial charge in [-0.2, -0.15) is 0 Å². The summed E-state index contributed by atoms with van der Waals surface area (Å²) < 4.78 is 0. The zero-order valence-corrected chi connectivity index (χ0v) is 12.4. The molecule has 1 heterocycles. The summed E-state index contributed by atoms with van der Waals surface area (Å²) in [6.07, 6.45) is 3.98. The van der Waals surface area contributed by atoms with Crippen molar-refractivity contribution >= 4 is 12.5 Å². The minimum Gasteiger partial charge on any atom is -0.411 e. The maximum absolute atomic E-state index is 10.4. The summed E-state index contributed by atoms with van der Waals surface area (Å²) in [6, 6.07) is 22.5. The number of carbonyl (C=O) groups excluding carboxylic acids is 1. The monoisotopic (exact) mass is 304 g/mol. The fourth-order valence-corrected chi connectivity index (χ4v) is 1.87. The molecule has 1 aromatic heterocycles. The minimum atomic E-state index is 0.685. The largest absolute Gasteiger partial charge is 0.411 e. The summed E-state index contributed by atoms with van der Waals surface area (Å²) in [5.41, 5.74) is 3.53. The summed E-state index contributed by atoms with van der Waals surface area (Å²) in [6.45, 7) is 0. The lowest BCUT2D eigenvalue weighted by Gasteiger charge is -1.99. The number of nitrogens with zero attached hydrogens (tertiary/aromatic N) is 2. The van der Waals surface area contributed by atoms with Gasteiger partial charge in [-0.25, -0.2) is 0 Å². The molecule has 0 aliphatic heterocycles. The van der Waals surface area contributed by atoms with E-state index in [-0.39, 0.29) is 0 Å². The van der Waals surface area contributed by atoms with Gasteiger partial charge in [0, 0.05) is 17.3 Å². The molecule has 114 valence electrons. The Hall–Kier alpha value is -3.27. The van der Waals surface area contributed by atoms with Crippen molar-refractivity contribution in [2.24, 2.45) is 5.16 Å². The average molecular weight is 304 g/mol. The highest BCUT2D eigenvalue weighted by atomic mass is 16.4. The Kier molecular flexibility index (Phi) is 6.23. The number of hydrogen-bond acceptors (Lipinski definition) is 4. The minimum absolute atomic E-state index is 0.685. The highest BCUT2D eigenvalue weighted by Crippen LogP contribution is 2.15. The van der Waals surface area contributed by atoms with Crippen molar-refractivity contribution in [2.75, 3.05) is 0 Å². The van der Waals surface area contributed by atoms with Gasteiger partial charge in [-0.1, -0.05) is 65.8 Å². The number of carbonyl (C=O) groups is 1. The van der Waals surface area contributed by atoms with Crippen LogP contribution in [0.4, 0.5) is 0 Å². The van der Waals surface area contributed by atoms with Gasteiger partial charge in [0.1, 0.15) is 6.29 Å². The number of benzene rings is 2. The van der Waals surface area contributed by atoms with Gasteiger partial charge in [0.2, 0.25) is 0 Å². The van der Waals surface area contributed by atoms with Crippen molar-refractivity contribution in [1.29, 1.82) is 0 Å². The Morgan fingerprint density at radius 1 is 0.826 bits per heavy atom. The number of aldehydes is 1. The van der Waals surface area contributed by atoms with E-state index in [4.69, 9.17) is 5.21 Å². The zero-order valence-electron chi connectivity index (χ0n) is 12.4. The Labute approximate surface area is 134 Å². The molecule has 0 atom stereocenters. The third kappa shape index (κ3) is 5.21. The Bertz CT molecular complexity index is 739. The van der Waals surface area contributed by atoms with Crippen molar-refractivity contribution in [2.45, 2.75) is 0 Å². The van der Waals surface area contributed by atoms with Crippen molar-refractivity contribution < 1.29 is 10.0 Å². The molecule has 0 saturated heterocycles. The molecule has 0 aliphatic rings. The molecule has 2 aromatic carbocycles. The molecule has 0 spiro atoms. The lowest BCUT2D eigenvalue weighted by Crippen LogP contribution is -1.83. The average Bonchev–Trinajstić information content (AvgIpc) is 2.64. The van der Waals surface area contributed by atoms with E-state index in [1.54, 1.807) is 18.3 Å². The smallest absolute Gasteiger partial charge is 0.150 e. The van der Waals surface area contributed by atoms with Gasteiger partial charge in [0.25, 0.3) is 0 Å². The van der Waals surface area contributed by atoms with Gasteiger partial charge in [0.15, 0.2) is 0 Å². The molecule has 0 bridgehead atoms. The van der Waals surface area contributed by atoms with Gasteiger partial charge in [-0.05, 0) is 17.7 Å². The van der Waals surface area contributed by atoms with Crippen LogP contribution in [0.2, 0.25) is 0 Å². The maximum atomic E-state index is 10.4. The highest BCUT2D eigenvalue weighted by molar-refractivity contribution is 5.78. The first-order valence-corrected chi connectivity index (χ1v) is 7.02. The van der Waals surface area contributed by atoms with Crippen LogP contribution in [-0.4, -0.2) is 22.7 Å². The third-order valence-corrected chi connectivity index (χ3v) is 3.01. The molecule has 3 aromatic rings. The Morgan fingerprint density at radius 3 is 2.09 bits per heavy atom. The number of rotatable bonds is 3.